The van der Waals surface area contributed by atoms with E-state index in [1.807, 2.05) is 12.1 Å². The summed E-state index contributed by atoms with van der Waals surface area (Å²) in [6, 6.07) is 6.00. The molecule has 0 saturated carbocycles. The molecule has 2 fully saturated rings. The van der Waals surface area contributed by atoms with Crippen molar-refractivity contribution in [1.29, 1.82) is 5.26 Å². The molecule has 2 saturated heterocycles. The smallest absolute Gasteiger partial charge is 0.128 e. The van der Waals surface area contributed by atoms with Gasteiger partial charge >= 0.3 is 0 Å². The fourth-order valence-electron chi connectivity index (χ4n) is 3.67. The van der Waals surface area contributed by atoms with Crippen LogP contribution in [0.15, 0.2) is 18.3 Å². The Morgan fingerprint density at radius 3 is 2.73 bits per heavy atom. The number of aromatic nitrogens is 1. The van der Waals surface area contributed by atoms with Gasteiger partial charge in [0.15, 0.2) is 0 Å². The van der Waals surface area contributed by atoms with Crippen LogP contribution in [0.3, 0.4) is 0 Å². The third-order valence-electron chi connectivity index (χ3n) is 5.11. The first-order valence-electron chi connectivity index (χ1n) is 8.58. The highest BCUT2D eigenvalue weighted by molar-refractivity contribution is 5.42. The van der Waals surface area contributed by atoms with Crippen LogP contribution < -0.4 is 4.90 Å². The summed E-state index contributed by atoms with van der Waals surface area (Å²) in [6.07, 6.45) is 6.97. The lowest BCUT2D eigenvalue weighted by Crippen LogP contribution is -2.43. The van der Waals surface area contributed by atoms with E-state index in [1.54, 1.807) is 6.20 Å². The van der Waals surface area contributed by atoms with Gasteiger partial charge in [0.25, 0.3) is 0 Å². The standard InChI is InChI=1S/C18H26N4/c1-15-6-9-21(10-7-15)13-17-3-2-8-22(14-17)18-5-4-16(11-19)12-20-18/h4-5,12,15,17H,2-3,6-10,13-14H2,1H3. The number of pyridine rings is 1. The quantitative estimate of drug-likeness (QED) is 0.860. The van der Waals surface area contributed by atoms with Gasteiger partial charge in [-0.25, -0.2) is 4.98 Å². The van der Waals surface area contributed by atoms with Crippen molar-refractivity contribution in [2.45, 2.75) is 32.6 Å². The van der Waals surface area contributed by atoms with Crippen molar-refractivity contribution in [2.75, 3.05) is 37.6 Å². The SMILES string of the molecule is CC1CCN(CC2CCCN(c3ccc(C#N)cn3)C2)CC1. The molecule has 0 radical (unpaired) electrons. The number of hydrogen-bond donors (Lipinski definition) is 0. The van der Waals surface area contributed by atoms with Crippen molar-refractivity contribution in [3.8, 4) is 6.07 Å². The Hall–Kier alpha value is -1.60. The molecule has 2 aliphatic heterocycles. The lowest BCUT2D eigenvalue weighted by atomic mass is 9.94. The molecule has 1 aromatic rings. The van der Waals surface area contributed by atoms with Gasteiger partial charge in [0.1, 0.15) is 11.9 Å². The van der Waals surface area contributed by atoms with Gasteiger partial charge in [0.2, 0.25) is 0 Å². The van der Waals surface area contributed by atoms with Gasteiger partial charge in [-0.3, -0.25) is 0 Å². The fourth-order valence-corrected chi connectivity index (χ4v) is 3.67. The molecule has 0 N–H and O–H groups in total. The highest BCUT2D eigenvalue weighted by Gasteiger charge is 2.24. The number of piperidine rings is 2. The van der Waals surface area contributed by atoms with Crippen LogP contribution in [0.2, 0.25) is 0 Å². The lowest BCUT2D eigenvalue weighted by molar-refractivity contribution is 0.159. The summed E-state index contributed by atoms with van der Waals surface area (Å²) in [4.78, 5) is 9.50. The van der Waals surface area contributed by atoms with Crippen molar-refractivity contribution < 1.29 is 0 Å². The van der Waals surface area contributed by atoms with E-state index in [4.69, 9.17) is 5.26 Å². The summed E-state index contributed by atoms with van der Waals surface area (Å²) in [5.74, 6) is 2.68. The molecule has 1 aromatic heterocycles. The second-order valence-electron chi connectivity index (χ2n) is 6.95. The van der Waals surface area contributed by atoms with Gasteiger partial charge in [-0.1, -0.05) is 6.92 Å². The van der Waals surface area contributed by atoms with Gasteiger partial charge < -0.3 is 9.80 Å². The van der Waals surface area contributed by atoms with E-state index in [9.17, 15) is 0 Å². The molecule has 0 aliphatic carbocycles. The Bertz CT molecular complexity index is 511. The second kappa shape index (κ2) is 7.11. The van der Waals surface area contributed by atoms with Crippen LogP contribution in [0.1, 0.15) is 38.2 Å². The first kappa shape index (κ1) is 15.3. The van der Waals surface area contributed by atoms with Gasteiger partial charge in [-0.2, -0.15) is 5.26 Å². The first-order valence-corrected chi connectivity index (χ1v) is 8.58. The minimum atomic E-state index is 0.639. The van der Waals surface area contributed by atoms with Crippen molar-refractivity contribution in [3.63, 3.8) is 0 Å². The van der Waals surface area contributed by atoms with Crippen molar-refractivity contribution in [2.24, 2.45) is 11.8 Å². The number of hydrogen-bond acceptors (Lipinski definition) is 4. The van der Waals surface area contributed by atoms with Crippen LogP contribution in [-0.2, 0) is 0 Å². The van der Waals surface area contributed by atoms with Crippen molar-refractivity contribution in [1.82, 2.24) is 9.88 Å². The van der Waals surface area contributed by atoms with E-state index in [-0.39, 0.29) is 0 Å². The number of nitrogens with zero attached hydrogens (tertiary/aromatic N) is 4. The summed E-state index contributed by atoms with van der Waals surface area (Å²) in [7, 11) is 0. The molecule has 0 amide bonds. The molecule has 1 unspecified atom stereocenters. The average Bonchev–Trinajstić information content (AvgIpc) is 2.57. The lowest BCUT2D eigenvalue weighted by Gasteiger charge is -2.38. The third kappa shape index (κ3) is 3.78. The minimum Gasteiger partial charge on any atom is -0.356 e. The molecule has 0 spiro atoms. The topological polar surface area (TPSA) is 43.2 Å². The van der Waals surface area contributed by atoms with E-state index in [2.05, 4.69) is 27.8 Å². The predicted octanol–water partition coefficient (Wildman–Crippen LogP) is 2.90. The molecule has 4 nitrogen and oxygen atoms in total. The molecule has 0 bridgehead atoms. The Labute approximate surface area is 133 Å². The molecule has 4 heteroatoms. The van der Waals surface area contributed by atoms with E-state index >= 15 is 0 Å². The molecule has 22 heavy (non-hydrogen) atoms. The maximum absolute atomic E-state index is 8.87. The number of anilines is 1. The van der Waals surface area contributed by atoms with E-state index in [0.717, 1.165) is 30.7 Å². The van der Waals surface area contributed by atoms with Crippen LogP contribution in [-0.4, -0.2) is 42.6 Å². The maximum Gasteiger partial charge on any atom is 0.128 e. The zero-order valence-corrected chi connectivity index (χ0v) is 13.5. The normalized spacial score (nSPS) is 24.2. The summed E-state index contributed by atoms with van der Waals surface area (Å²) >= 11 is 0. The largest absolute Gasteiger partial charge is 0.356 e. The zero-order valence-electron chi connectivity index (χ0n) is 13.5. The van der Waals surface area contributed by atoms with Gasteiger partial charge in [0, 0.05) is 25.8 Å². The van der Waals surface area contributed by atoms with Crippen LogP contribution in [0.25, 0.3) is 0 Å². The van der Waals surface area contributed by atoms with Crippen molar-refractivity contribution >= 4 is 5.82 Å². The highest BCUT2D eigenvalue weighted by atomic mass is 15.2. The molecule has 118 valence electrons. The number of rotatable bonds is 3. The van der Waals surface area contributed by atoms with Gasteiger partial charge in [-0.15, -0.1) is 0 Å². The number of nitriles is 1. The third-order valence-corrected chi connectivity index (χ3v) is 5.11. The summed E-state index contributed by atoms with van der Waals surface area (Å²) in [5, 5.41) is 8.87. The summed E-state index contributed by atoms with van der Waals surface area (Å²) < 4.78 is 0. The number of likely N-dealkylation sites (tertiary alicyclic amines) is 1. The van der Waals surface area contributed by atoms with Gasteiger partial charge in [-0.05, 0) is 62.7 Å². The molecular formula is C18H26N4. The monoisotopic (exact) mass is 298 g/mol. The molecule has 1 atom stereocenters. The van der Waals surface area contributed by atoms with E-state index in [1.165, 1.54) is 45.3 Å². The van der Waals surface area contributed by atoms with E-state index < -0.39 is 0 Å². The molecule has 3 rings (SSSR count). The predicted molar refractivity (Wildman–Crippen MR) is 88.7 cm³/mol. The minimum absolute atomic E-state index is 0.639. The summed E-state index contributed by atoms with van der Waals surface area (Å²) in [6.45, 7) is 8.34. The Balaban J connectivity index is 1.55. The van der Waals surface area contributed by atoms with Crippen LogP contribution in [0, 0.1) is 23.2 Å². The Morgan fingerprint density at radius 1 is 1.23 bits per heavy atom. The van der Waals surface area contributed by atoms with Gasteiger partial charge in [0.05, 0.1) is 5.56 Å². The second-order valence-corrected chi connectivity index (χ2v) is 6.95. The molecule has 2 aliphatic rings. The highest BCUT2D eigenvalue weighted by Crippen LogP contribution is 2.24. The van der Waals surface area contributed by atoms with Crippen LogP contribution >= 0.6 is 0 Å². The first-order chi connectivity index (χ1) is 10.7. The zero-order chi connectivity index (χ0) is 15.4. The summed E-state index contributed by atoms with van der Waals surface area (Å²) in [5.41, 5.74) is 0.639. The Kier molecular flexibility index (Phi) is 4.94. The van der Waals surface area contributed by atoms with E-state index in [0.29, 0.717) is 5.56 Å². The van der Waals surface area contributed by atoms with Crippen LogP contribution in [0.4, 0.5) is 5.82 Å². The van der Waals surface area contributed by atoms with Crippen molar-refractivity contribution in [3.05, 3.63) is 23.9 Å². The van der Waals surface area contributed by atoms with Crippen LogP contribution in [0.5, 0.6) is 0 Å². The Morgan fingerprint density at radius 2 is 2.05 bits per heavy atom. The molecular weight excluding hydrogens is 272 g/mol. The fraction of sp³-hybridized carbons (Fsp3) is 0.667. The average molecular weight is 298 g/mol. The molecule has 3 heterocycles. The maximum atomic E-state index is 8.87. The molecule has 0 aromatic carbocycles.